The Kier molecular flexibility index (Phi) is 2.84. The largest absolute Gasteiger partial charge is 0.286 e. The highest BCUT2D eigenvalue weighted by Gasteiger charge is 2.20. The maximum atomic E-state index is 11.8. The monoisotopic (exact) mass is 226 g/mol. The average Bonchev–Trinajstić information content (AvgIpc) is 2.70. The summed E-state index contributed by atoms with van der Waals surface area (Å²) in [5.74, 6) is 0.754. The number of halogens is 1. The Balaban J connectivity index is 2.31. The lowest BCUT2D eigenvalue weighted by Gasteiger charge is -2.00. The number of carbonyl (C=O) groups excluding carboxylic acids is 1. The van der Waals surface area contributed by atoms with Gasteiger partial charge in [0, 0.05) is 18.5 Å². The van der Waals surface area contributed by atoms with Crippen molar-refractivity contribution in [1.82, 2.24) is 4.98 Å². The Morgan fingerprint density at radius 1 is 1.57 bits per heavy atom. The lowest BCUT2D eigenvalue weighted by molar-refractivity contribution is 0.106. The number of aromatic nitrogens is 1. The van der Waals surface area contributed by atoms with Gasteiger partial charge in [0.05, 0.1) is 5.56 Å². The van der Waals surface area contributed by atoms with E-state index in [4.69, 9.17) is 11.6 Å². The fourth-order valence-corrected chi connectivity index (χ4v) is 2.15. The first-order valence-corrected chi connectivity index (χ1v) is 5.48. The van der Waals surface area contributed by atoms with Crippen LogP contribution < -0.4 is 0 Å². The quantitative estimate of drug-likeness (QED) is 0.573. The van der Waals surface area contributed by atoms with E-state index in [1.807, 2.05) is 0 Å². The molecule has 0 fully saturated rings. The third-order valence-electron chi connectivity index (χ3n) is 1.78. The molecule has 5 heteroatoms. The maximum absolute atomic E-state index is 11.8. The number of pyridine rings is 1. The van der Waals surface area contributed by atoms with Gasteiger partial charge in [-0.3, -0.25) is 9.79 Å². The third kappa shape index (κ3) is 1.81. The van der Waals surface area contributed by atoms with Crippen LogP contribution >= 0.6 is 23.4 Å². The van der Waals surface area contributed by atoms with Gasteiger partial charge >= 0.3 is 0 Å². The van der Waals surface area contributed by atoms with Gasteiger partial charge in [-0.25, -0.2) is 4.98 Å². The minimum atomic E-state index is -0.120. The minimum absolute atomic E-state index is 0.120. The summed E-state index contributed by atoms with van der Waals surface area (Å²) in [7, 11) is 0. The van der Waals surface area contributed by atoms with Crippen molar-refractivity contribution in [3.63, 3.8) is 0 Å². The van der Waals surface area contributed by atoms with Crippen LogP contribution in [0.4, 0.5) is 0 Å². The molecule has 0 aliphatic carbocycles. The van der Waals surface area contributed by atoms with Gasteiger partial charge in [-0.1, -0.05) is 11.6 Å². The van der Waals surface area contributed by atoms with E-state index in [1.165, 1.54) is 11.8 Å². The molecular formula is C9H7ClN2OS. The molecule has 0 spiro atoms. The first-order chi connectivity index (χ1) is 6.79. The summed E-state index contributed by atoms with van der Waals surface area (Å²) in [6.07, 6.45) is 1.56. The van der Waals surface area contributed by atoms with E-state index in [0.29, 0.717) is 17.2 Å². The van der Waals surface area contributed by atoms with Crippen molar-refractivity contribution in [1.29, 1.82) is 0 Å². The van der Waals surface area contributed by atoms with Gasteiger partial charge in [0.25, 0.3) is 0 Å². The van der Waals surface area contributed by atoms with Crippen LogP contribution in [0, 0.1) is 0 Å². The van der Waals surface area contributed by atoms with Crippen LogP contribution in [-0.4, -0.2) is 28.1 Å². The lowest BCUT2D eigenvalue weighted by Crippen LogP contribution is -2.09. The molecule has 2 heterocycles. The second-order valence-corrected chi connectivity index (χ2v) is 4.15. The first kappa shape index (κ1) is 9.68. The summed E-state index contributed by atoms with van der Waals surface area (Å²) in [5, 5.41) is 0.785. The molecule has 3 nitrogen and oxygen atoms in total. The summed E-state index contributed by atoms with van der Waals surface area (Å²) >= 11 is 7.27. The number of hydrogen-bond acceptors (Lipinski definition) is 4. The fraction of sp³-hybridized carbons (Fsp3) is 0.222. The fourth-order valence-electron chi connectivity index (χ4n) is 1.14. The zero-order valence-corrected chi connectivity index (χ0v) is 8.81. The van der Waals surface area contributed by atoms with Gasteiger partial charge < -0.3 is 0 Å². The Hall–Kier alpha value is -0.870. The molecule has 0 radical (unpaired) electrons. The molecule has 14 heavy (non-hydrogen) atoms. The van der Waals surface area contributed by atoms with E-state index in [0.717, 1.165) is 5.75 Å². The lowest BCUT2D eigenvalue weighted by atomic mass is 10.2. The molecule has 2 rings (SSSR count). The van der Waals surface area contributed by atoms with Crippen LogP contribution in [0.5, 0.6) is 0 Å². The predicted molar refractivity (Wildman–Crippen MR) is 58.3 cm³/mol. The number of Topliss-reactive ketones (excluding diaryl/α,β-unsaturated/α-hetero) is 1. The zero-order valence-electron chi connectivity index (χ0n) is 7.24. The molecule has 1 aliphatic rings. The standard InChI is InChI=1S/C9H7ClN2OS/c10-8-6(2-1-3-11-8)7(13)9-12-4-5-14-9/h1-3H,4-5H2. The van der Waals surface area contributed by atoms with E-state index in [9.17, 15) is 4.79 Å². The summed E-state index contributed by atoms with van der Waals surface area (Å²) in [6.45, 7) is 0.712. The smallest absolute Gasteiger partial charge is 0.220 e. The number of nitrogens with zero attached hydrogens (tertiary/aromatic N) is 2. The number of aliphatic imine (C=N–C) groups is 1. The molecule has 0 bridgehead atoms. The van der Waals surface area contributed by atoms with Crippen molar-refractivity contribution in [2.24, 2.45) is 4.99 Å². The second-order valence-electron chi connectivity index (χ2n) is 2.71. The van der Waals surface area contributed by atoms with Gasteiger partial charge in [0.1, 0.15) is 10.2 Å². The zero-order chi connectivity index (χ0) is 9.97. The number of ketones is 1. The Morgan fingerprint density at radius 2 is 2.43 bits per heavy atom. The summed E-state index contributed by atoms with van der Waals surface area (Å²) in [5.41, 5.74) is 0.433. The molecule has 1 aliphatic heterocycles. The van der Waals surface area contributed by atoms with E-state index >= 15 is 0 Å². The van der Waals surface area contributed by atoms with Crippen LogP contribution in [0.15, 0.2) is 23.3 Å². The van der Waals surface area contributed by atoms with E-state index in [1.54, 1.807) is 18.3 Å². The normalized spacial score (nSPS) is 15.4. The van der Waals surface area contributed by atoms with Gasteiger partial charge in [0.2, 0.25) is 5.78 Å². The molecule has 0 aromatic carbocycles. The van der Waals surface area contributed by atoms with Crippen LogP contribution in [0.1, 0.15) is 10.4 Å². The van der Waals surface area contributed by atoms with Crippen LogP contribution in [-0.2, 0) is 0 Å². The highest BCUT2D eigenvalue weighted by atomic mass is 35.5. The predicted octanol–water partition coefficient (Wildman–Crippen LogP) is 2.06. The molecule has 0 N–H and O–H groups in total. The Bertz CT molecular complexity index is 406. The number of thioether (sulfide) groups is 1. The van der Waals surface area contributed by atoms with Crippen molar-refractivity contribution in [2.75, 3.05) is 12.3 Å². The molecular weight excluding hydrogens is 220 g/mol. The molecule has 0 saturated carbocycles. The number of carbonyl (C=O) groups is 1. The van der Waals surface area contributed by atoms with Crippen molar-refractivity contribution in [3.05, 3.63) is 29.0 Å². The molecule has 72 valence electrons. The highest BCUT2D eigenvalue weighted by Crippen LogP contribution is 2.19. The van der Waals surface area contributed by atoms with Crippen molar-refractivity contribution in [3.8, 4) is 0 Å². The average molecular weight is 227 g/mol. The van der Waals surface area contributed by atoms with Crippen LogP contribution in [0.2, 0.25) is 5.15 Å². The number of rotatable bonds is 2. The highest BCUT2D eigenvalue weighted by molar-refractivity contribution is 8.16. The van der Waals surface area contributed by atoms with Crippen LogP contribution in [0.3, 0.4) is 0 Å². The molecule has 1 aromatic heterocycles. The molecule has 0 atom stereocenters. The maximum Gasteiger partial charge on any atom is 0.220 e. The summed E-state index contributed by atoms with van der Waals surface area (Å²) in [4.78, 5) is 19.7. The molecule has 0 amide bonds. The molecule has 0 saturated heterocycles. The Labute approximate surface area is 90.6 Å². The van der Waals surface area contributed by atoms with Crippen LogP contribution in [0.25, 0.3) is 0 Å². The van der Waals surface area contributed by atoms with Crippen molar-refractivity contribution < 1.29 is 4.79 Å². The summed E-state index contributed by atoms with van der Waals surface area (Å²) in [6, 6.07) is 3.36. The van der Waals surface area contributed by atoms with Gasteiger partial charge in [-0.2, -0.15) is 0 Å². The van der Waals surface area contributed by atoms with E-state index < -0.39 is 0 Å². The van der Waals surface area contributed by atoms with E-state index in [-0.39, 0.29) is 10.9 Å². The minimum Gasteiger partial charge on any atom is -0.286 e. The van der Waals surface area contributed by atoms with Gasteiger partial charge in [-0.15, -0.1) is 11.8 Å². The summed E-state index contributed by atoms with van der Waals surface area (Å²) < 4.78 is 0. The van der Waals surface area contributed by atoms with Gasteiger partial charge in [0.15, 0.2) is 0 Å². The second kappa shape index (κ2) is 4.11. The first-order valence-electron chi connectivity index (χ1n) is 4.11. The van der Waals surface area contributed by atoms with Gasteiger partial charge in [-0.05, 0) is 12.1 Å². The van der Waals surface area contributed by atoms with Crippen molar-refractivity contribution >= 4 is 34.2 Å². The molecule has 0 unspecified atom stereocenters. The topological polar surface area (TPSA) is 42.3 Å². The van der Waals surface area contributed by atoms with Crippen molar-refractivity contribution in [2.45, 2.75) is 0 Å². The SMILES string of the molecule is O=C(C1=NCCS1)c1cccnc1Cl. The molecule has 1 aromatic rings. The third-order valence-corrected chi connectivity index (χ3v) is 3.06. The Morgan fingerprint density at radius 3 is 3.07 bits per heavy atom. The van der Waals surface area contributed by atoms with E-state index in [2.05, 4.69) is 9.98 Å². The number of hydrogen-bond donors (Lipinski definition) is 0.